The van der Waals surface area contributed by atoms with Crippen molar-refractivity contribution in [3.05, 3.63) is 66.9 Å². The molecule has 186 valence electrons. The van der Waals surface area contributed by atoms with Gasteiger partial charge in [0.05, 0.1) is 31.4 Å². The fraction of sp³-hybridized carbons (Fsp3) is 0.346. The smallest absolute Gasteiger partial charge is 0.253 e. The highest BCUT2D eigenvalue weighted by molar-refractivity contribution is 7.89. The molecule has 1 saturated heterocycles. The summed E-state index contributed by atoms with van der Waals surface area (Å²) in [6.07, 6.45) is 4.60. The van der Waals surface area contributed by atoms with Gasteiger partial charge in [-0.25, -0.2) is 13.4 Å². The molecule has 2 heterocycles. The topological polar surface area (TPSA) is 90.0 Å². The number of nitrogens with zero attached hydrogens (tertiary/aromatic N) is 2. The van der Waals surface area contributed by atoms with E-state index in [-0.39, 0.29) is 4.90 Å². The molecule has 1 aromatic heterocycles. The van der Waals surface area contributed by atoms with Gasteiger partial charge in [-0.2, -0.15) is 0 Å². The maximum Gasteiger partial charge on any atom is 0.253 e. The van der Waals surface area contributed by atoms with Crippen molar-refractivity contribution in [2.24, 2.45) is 5.92 Å². The number of methoxy groups -OCH3 is 2. The second-order valence-corrected chi connectivity index (χ2v) is 10.1. The van der Waals surface area contributed by atoms with Gasteiger partial charge in [0, 0.05) is 30.9 Å². The Morgan fingerprint density at radius 2 is 1.83 bits per heavy atom. The Kier molecular flexibility index (Phi) is 8.22. The zero-order chi connectivity index (χ0) is 24.7. The Labute approximate surface area is 206 Å². The highest BCUT2D eigenvalue weighted by Crippen LogP contribution is 2.30. The van der Waals surface area contributed by atoms with Crippen molar-refractivity contribution >= 4 is 10.0 Å². The fourth-order valence-electron chi connectivity index (χ4n) is 4.18. The Morgan fingerprint density at radius 3 is 2.54 bits per heavy atom. The van der Waals surface area contributed by atoms with Gasteiger partial charge in [-0.3, -0.25) is 4.98 Å². The standard InChI is InChI=1S/C26H31N3O5S/c1-32-25-13-12-23(18-26(25)33-2)35(30,31)28-29-16-14-20(19-29)6-5-17-34-22-10-8-21(9-11-22)24-7-3-4-15-27-24/h3-4,7-13,15,18,20,28H,5-6,14,16-17,19H2,1-2H3/t20-/m1/s1. The summed E-state index contributed by atoms with van der Waals surface area (Å²) in [5.74, 6) is 2.11. The third kappa shape index (κ3) is 6.50. The summed E-state index contributed by atoms with van der Waals surface area (Å²) in [6, 6.07) is 18.4. The van der Waals surface area contributed by atoms with Crippen LogP contribution in [0.2, 0.25) is 0 Å². The number of aromatic nitrogens is 1. The van der Waals surface area contributed by atoms with Crippen LogP contribution in [0, 0.1) is 5.92 Å². The first-order valence-electron chi connectivity index (χ1n) is 11.6. The first-order valence-corrected chi connectivity index (χ1v) is 13.1. The van der Waals surface area contributed by atoms with Crippen LogP contribution in [0.5, 0.6) is 17.2 Å². The van der Waals surface area contributed by atoms with Crippen molar-refractivity contribution in [3.8, 4) is 28.5 Å². The van der Waals surface area contributed by atoms with Crippen molar-refractivity contribution in [3.63, 3.8) is 0 Å². The van der Waals surface area contributed by atoms with Crippen LogP contribution in [0.3, 0.4) is 0 Å². The maximum absolute atomic E-state index is 12.8. The normalized spacial score (nSPS) is 16.2. The monoisotopic (exact) mass is 497 g/mol. The van der Waals surface area contributed by atoms with E-state index in [9.17, 15) is 8.42 Å². The SMILES string of the molecule is COc1ccc(S(=O)(=O)NN2CC[C@@H](CCCOc3ccc(-c4ccccn4)cc3)C2)cc1OC. The molecule has 0 saturated carbocycles. The van der Waals surface area contributed by atoms with Gasteiger partial charge in [0.15, 0.2) is 11.5 Å². The summed E-state index contributed by atoms with van der Waals surface area (Å²) in [7, 11) is -0.706. The first-order chi connectivity index (χ1) is 17.0. The number of sulfonamides is 1. The number of hydrogen-bond donors (Lipinski definition) is 1. The predicted octanol–water partition coefficient (Wildman–Crippen LogP) is 4.14. The number of pyridine rings is 1. The molecule has 9 heteroatoms. The van der Waals surface area contributed by atoms with Gasteiger partial charge in [-0.15, -0.1) is 4.83 Å². The predicted molar refractivity (Wildman–Crippen MR) is 134 cm³/mol. The molecule has 3 aromatic rings. The van der Waals surface area contributed by atoms with E-state index in [1.165, 1.54) is 26.4 Å². The Bertz CT molecular complexity index is 1200. The second-order valence-electron chi connectivity index (χ2n) is 8.44. The zero-order valence-corrected chi connectivity index (χ0v) is 20.8. The molecule has 4 rings (SSSR count). The Balaban J connectivity index is 1.21. The van der Waals surface area contributed by atoms with Crippen molar-refractivity contribution in [2.45, 2.75) is 24.2 Å². The molecular formula is C26H31N3O5S. The average Bonchev–Trinajstić information content (AvgIpc) is 3.33. The summed E-state index contributed by atoms with van der Waals surface area (Å²) in [4.78, 5) is 7.20. The van der Waals surface area contributed by atoms with Crippen molar-refractivity contribution < 1.29 is 22.6 Å². The zero-order valence-electron chi connectivity index (χ0n) is 20.0. The van der Waals surface area contributed by atoms with E-state index >= 15 is 0 Å². The van der Waals surface area contributed by atoms with Gasteiger partial charge < -0.3 is 14.2 Å². The van der Waals surface area contributed by atoms with Crippen LogP contribution in [-0.4, -0.2) is 52.3 Å². The molecule has 1 atom stereocenters. The minimum Gasteiger partial charge on any atom is -0.494 e. The van der Waals surface area contributed by atoms with Crippen molar-refractivity contribution in [1.82, 2.24) is 14.8 Å². The molecule has 0 radical (unpaired) electrons. The molecule has 1 fully saturated rings. The highest BCUT2D eigenvalue weighted by Gasteiger charge is 2.27. The number of hydrogen-bond acceptors (Lipinski definition) is 7. The second kappa shape index (κ2) is 11.5. The summed E-state index contributed by atoms with van der Waals surface area (Å²) >= 11 is 0. The summed E-state index contributed by atoms with van der Waals surface area (Å²) in [5.41, 5.74) is 1.99. The molecule has 2 aromatic carbocycles. The number of benzene rings is 2. The van der Waals surface area contributed by atoms with Crippen LogP contribution in [0.25, 0.3) is 11.3 Å². The average molecular weight is 498 g/mol. The van der Waals surface area contributed by atoms with Gasteiger partial charge in [0.1, 0.15) is 5.75 Å². The highest BCUT2D eigenvalue weighted by atomic mass is 32.2. The molecule has 0 bridgehead atoms. The Morgan fingerprint density at radius 1 is 1.03 bits per heavy atom. The molecule has 8 nitrogen and oxygen atoms in total. The summed E-state index contributed by atoms with van der Waals surface area (Å²) in [5, 5.41) is 1.77. The lowest BCUT2D eigenvalue weighted by Crippen LogP contribution is -2.40. The van der Waals surface area contributed by atoms with Gasteiger partial charge in [0.2, 0.25) is 0 Å². The van der Waals surface area contributed by atoms with Gasteiger partial charge in [0.25, 0.3) is 10.0 Å². The molecule has 1 aliphatic rings. The maximum atomic E-state index is 12.8. The van der Waals surface area contributed by atoms with Crippen LogP contribution in [0.1, 0.15) is 19.3 Å². The quantitative estimate of drug-likeness (QED) is 0.398. The third-order valence-corrected chi connectivity index (χ3v) is 7.41. The number of ether oxygens (including phenoxy) is 3. The van der Waals surface area contributed by atoms with E-state index < -0.39 is 10.0 Å². The van der Waals surface area contributed by atoms with Crippen LogP contribution in [-0.2, 0) is 10.0 Å². The molecular weight excluding hydrogens is 466 g/mol. The van der Waals surface area contributed by atoms with Crippen LogP contribution in [0.15, 0.2) is 71.8 Å². The lowest BCUT2D eigenvalue weighted by Gasteiger charge is -2.18. The number of nitrogens with one attached hydrogen (secondary N) is 1. The fourth-order valence-corrected chi connectivity index (χ4v) is 5.30. The first kappa shape index (κ1) is 25.0. The third-order valence-electron chi connectivity index (χ3n) is 6.04. The van der Waals surface area contributed by atoms with E-state index in [4.69, 9.17) is 14.2 Å². The van der Waals surface area contributed by atoms with Crippen LogP contribution >= 0.6 is 0 Å². The number of hydrazine groups is 1. The summed E-state index contributed by atoms with van der Waals surface area (Å²) in [6.45, 7) is 1.97. The number of rotatable bonds is 11. The molecule has 0 aliphatic carbocycles. The molecule has 0 spiro atoms. The minimum absolute atomic E-state index is 0.140. The van der Waals surface area contributed by atoms with E-state index in [2.05, 4.69) is 9.82 Å². The molecule has 0 amide bonds. The van der Waals surface area contributed by atoms with E-state index in [1.54, 1.807) is 17.3 Å². The molecule has 1 N–H and O–H groups in total. The Hall–Kier alpha value is -3.14. The molecule has 35 heavy (non-hydrogen) atoms. The van der Waals surface area contributed by atoms with Gasteiger partial charge in [-0.05, 0) is 73.7 Å². The largest absolute Gasteiger partial charge is 0.494 e. The van der Waals surface area contributed by atoms with Crippen molar-refractivity contribution in [2.75, 3.05) is 33.9 Å². The van der Waals surface area contributed by atoms with Gasteiger partial charge >= 0.3 is 0 Å². The lowest BCUT2D eigenvalue weighted by molar-refractivity contribution is 0.269. The van der Waals surface area contributed by atoms with E-state index in [0.717, 1.165) is 36.3 Å². The van der Waals surface area contributed by atoms with E-state index in [0.29, 0.717) is 37.1 Å². The molecule has 1 aliphatic heterocycles. The summed E-state index contributed by atoms with van der Waals surface area (Å²) < 4.78 is 42.0. The van der Waals surface area contributed by atoms with Crippen molar-refractivity contribution in [1.29, 1.82) is 0 Å². The minimum atomic E-state index is -3.70. The van der Waals surface area contributed by atoms with Gasteiger partial charge in [-0.1, -0.05) is 6.07 Å². The van der Waals surface area contributed by atoms with Crippen LogP contribution in [0.4, 0.5) is 0 Å². The molecule has 0 unspecified atom stereocenters. The lowest BCUT2D eigenvalue weighted by atomic mass is 10.0. The van der Waals surface area contributed by atoms with E-state index in [1.807, 2.05) is 42.5 Å². The van der Waals surface area contributed by atoms with Crippen LogP contribution < -0.4 is 19.0 Å².